The second-order valence-corrected chi connectivity index (χ2v) is 10.6. The number of rotatable bonds is 9. The third kappa shape index (κ3) is 7.27. The lowest BCUT2D eigenvalue weighted by Crippen LogP contribution is -2.27. The van der Waals surface area contributed by atoms with Gasteiger partial charge in [-0.2, -0.15) is 0 Å². The molecule has 3 aromatic rings. The van der Waals surface area contributed by atoms with Gasteiger partial charge in [0.15, 0.2) is 18.1 Å². The van der Waals surface area contributed by atoms with E-state index in [9.17, 15) is 14.4 Å². The van der Waals surface area contributed by atoms with Crippen LogP contribution in [0.15, 0.2) is 71.6 Å². The number of anilines is 1. The molecule has 4 rings (SSSR count). The lowest BCUT2D eigenvalue weighted by molar-refractivity contribution is -0.123. The third-order valence-corrected chi connectivity index (χ3v) is 7.02. The van der Waals surface area contributed by atoms with Gasteiger partial charge in [-0.3, -0.25) is 19.3 Å². The number of imide groups is 1. The van der Waals surface area contributed by atoms with Crippen LogP contribution >= 0.6 is 46.0 Å². The molecular formula is C27H22ClIN2O5S. The van der Waals surface area contributed by atoms with Crippen LogP contribution < -0.4 is 14.8 Å². The normalized spacial score (nSPS) is 14.2. The standard InChI is InChI=1S/C27H22ClIN2O5S/c1-2-35-23-12-18(8-11-22(23)36-16-25(32)30-21-5-3-4-19(28)14-21)13-24-26(33)31(27(34)37-24)15-17-6-9-20(29)10-7-17/h3-14H,2,15-16H2,1H3,(H,30,32)/b24-13-. The molecule has 1 N–H and O–H groups in total. The largest absolute Gasteiger partial charge is 0.490 e. The summed E-state index contributed by atoms with van der Waals surface area (Å²) in [6.45, 7) is 2.19. The molecule has 1 aliphatic rings. The Morgan fingerprint density at radius 2 is 1.84 bits per heavy atom. The minimum atomic E-state index is -0.351. The highest BCUT2D eigenvalue weighted by molar-refractivity contribution is 14.1. The van der Waals surface area contributed by atoms with E-state index in [1.807, 2.05) is 31.2 Å². The first-order valence-corrected chi connectivity index (χ1v) is 13.5. The van der Waals surface area contributed by atoms with E-state index < -0.39 is 0 Å². The topological polar surface area (TPSA) is 84.9 Å². The first-order chi connectivity index (χ1) is 17.8. The molecule has 0 radical (unpaired) electrons. The molecule has 3 aromatic carbocycles. The molecule has 0 saturated carbocycles. The lowest BCUT2D eigenvalue weighted by Gasteiger charge is -2.13. The molecule has 3 amide bonds. The fourth-order valence-electron chi connectivity index (χ4n) is 3.47. The maximum atomic E-state index is 12.9. The van der Waals surface area contributed by atoms with Crippen molar-refractivity contribution in [1.82, 2.24) is 4.90 Å². The van der Waals surface area contributed by atoms with Gasteiger partial charge < -0.3 is 14.8 Å². The van der Waals surface area contributed by atoms with Gasteiger partial charge in [0.1, 0.15) is 0 Å². The number of benzene rings is 3. The zero-order chi connectivity index (χ0) is 26.4. The highest BCUT2D eigenvalue weighted by Crippen LogP contribution is 2.35. The molecule has 0 atom stereocenters. The van der Waals surface area contributed by atoms with Crippen molar-refractivity contribution in [2.75, 3.05) is 18.5 Å². The smallest absolute Gasteiger partial charge is 0.293 e. The Hall–Kier alpha value is -3.02. The number of nitrogens with one attached hydrogen (secondary N) is 1. The quantitative estimate of drug-likeness (QED) is 0.208. The number of nitrogens with zero attached hydrogens (tertiary/aromatic N) is 1. The molecule has 0 bridgehead atoms. The van der Waals surface area contributed by atoms with Gasteiger partial charge in [-0.25, -0.2) is 0 Å². The van der Waals surface area contributed by atoms with Crippen molar-refractivity contribution in [1.29, 1.82) is 0 Å². The summed E-state index contributed by atoms with van der Waals surface area (Å²) < 4.78 is 12.5. The predicted molar refractivity (Wildman–Crippen MR) is 154 cm³/mol. The third-order valence-electron chi connectivity index (χ3n) is 5.16. The van der Waals surface area contributed by atoms with Crippen LogP contribution in [0.1, 0.15) is 18.1 Å². The minimum Gasteiger partial charge on any atom is -0.490 e. The molecule has 1 heterocycles. The molecule has 37 heavy (non-hydrogen) atoms. The average Bonchev–Trinajstić information content (AvgIpc) is 3.12. The van der Waals surface area contributed by atoms with Gasteiger partial charge in [0, 0.05) is 14.3 Å². The Balaban J connectivity index is 1.44. The summed E-state index contributed by atoms with van der Waals surface area (Å²) in [6, 6.07) is 19.6. The summed E-state index contributed by atoms with van der Waals surface area (Å²) >= 11 is 9.06. The molecule has 0 spiro atoms. The summed E-state index contributed by atoms with van der Waals surface area (Å²) in [7, 11) is 0. The van der Waals surface area contributed by atoms with E-state index >= 15 is 0 Å². The van der Waals surface area contributed by atoms with Gasteiger partial charge in [-0.15, -0.1) is 0 Å². The van der Waals surface area contributed by atoms with E-state index in [0.29, 0.717) is 39.3 Å². The molecule has 1 aliphatic heterocycles. The number of hydrogen-bond acceptors (Lipinski definition) is 6. The van der Waals surface area contributed by atoms with Crippen molar-refractivity contribution in [2.45, 2.75) is 13.5 Å². The summed E-state index contributed by atoms with van der Waals surface area (Å²) in [5.74, 6) is 0.108. The van der Waals surface area contributed by atoms with Crippen LogP contribution in [0.4, 0.5) is 10.5 Å². The fourth-order valence-corrected chi connectivity index (χ4v) is 4.86. The van der Waals surface area contributed by atoms with Gasteiger partial charge in [-0.05, 0) is 101 Å². The highest BCUT2D eigenvalue weighted by atomic mass is 127. The van der Waals surface area contributed by atoms with Crippen molar-refractivity contribution in [3.63, 3.8) is 0 Å². The van der Waals surface area contributed by atoms with E-state index in [1.54, 1.807) is 48.5 Å². The minimum absolute atomic E-state index is 0.215. The predicted octanol–water partition coefficient (Wildman–Crippen LogP) is 6.60. The Kier molecular flexibility index (Phi) is 9.12. The first-order valence-electron chi connectivity index (χ1n) is 11.3. The fraction of sp³-hybridized carbons (Fsp3) is 0.148. The van der Waals surface area contributed by atoms with Gasteiger partial charge in [0.2, 0.25) is 0 Å². The van der Waals surface area contributed by atoms with Gasteiger partial charge in [0.25, 0.3) is 17.1 Å². The Morgan fingerprint density at radius 3 is 2.57 bits per heavy atom. The number of carbonyl (C=O) groups excluding carboxylic acids is 3. The maximum absolute atomic E-state index is 12.9. The molecule has 1 fully saturated rings. The number of hydrogen-bond donors (Lipinski definition) is 1. The number of thioether (sulfide) groups is 1. The number of amides is 3. The summed E-state index contributed by atoms with van der Waals surface area (Å²) in [6.07, 6.45) is 1.65. The van der Waals surface area contributed by atoms with Crippen molar-refractivity contribution in [3.8, 4) is 11.5 Å². The first kappa shape index (κ1) is 27.0. The van der Waals surface area contributed by atoms with E-state index in [0.717, 1.165) is 20.9 Å². The highest BCUT2D eigenvalue weighted by Gasteiger charge is 2.35. The van der Waals surface area contributed by atoms with Crippen molar-refractivity contribution >= 4 is 74.8 Å². The van der Waals surface area contributed by atoms with Crippen LogP contribution in [-0.4, -0.2) is 35.2 Å². The number of ether oxygens (including phenoxy) is 2. The van der Waals surface area contributed by atoms with E-state index in [2.05, 4.69) is 27.9 Å². The molecule has 0 unspecified atom stereocenters. The summed E-state index contributed by atoms with van der Waals surface area (Å²) in [4.78, 5) is 39.3. The molecule has 1 saturated heterocycles. The van der Waals surface area contributed by atoms with Crippen LogP contribution in [0.5, 0.6) is 11.5 Å². The van der Waals surface area contributed by atoms with Crippen molar-refractivity contribution in [3.05, 3.63) is 91.4 Å². The van der Waals surface area contributed by atoms with Crippen LogP contribution in [-0.2, 0) is 16.1 Å². The molecule has 0 aromatic heterocycles. The Morgan fingerprint density at radius 1 is 1.05 bits per heavy atom. The zero-order valence-electron chi connectivity index (χ0n) is 19.7. The van der Waals surface area contributed by atoms with Crippen LogP contribution in [0.25, 0.3) is 6.08 Å². The summed E-state index contributed by atoms with van der Waals surface area (Å²) in [5, 5.41) is 2.92. The van der Waals surface area contributed by atoms with Gasteiger partial charge >= 0.3 is 0 Å². The Labute approximate surface area is 237 Å². The second kappa shape index (κ2) is 12.5. The Bertz CT molecular complexity index is 1360. The zero-order valence-corrected chi connectivity index (χ0v) is 23.4. The SMILES string of the molecule is CCOc1cc(/C=C2\SC(=O)N(Cc3ccc(I)cc3)C2=O)ccc1OCC(=O)Nc1cccc(Cl)c1. The summed E-state index contributed by atoms with van der Waals surface area (Å²) in [5.41, 5.74) is 2.11. The molecule has 10 heteroatoms. The number of halogens is 2. The lowest BCUT2D eigenvalue weighted by atomic mass is 10.1. The molecular weight excluding hydrogens is 627 g/mol. The van der Waals surface area contributed by atoms with Crippen molar-refractivity contribution < 1.29 is 23.9 Å². The molecule has 190 valence electrons. The van der Waals surface area contributed by atoms with Gasteiger partial charge in [0.05, 0.1) is 18.1 Å². The number of carbonyl (C=O) groups is 3. The molecule has 7 nitrogen and oxygen atoms in total. The second-order valence-electron chi connectivity index (χ2n) is 7.88. The van der Waals surface area contributed by atoms with Crippen LogP contribution in [0, 0.1) is 3.57 Å². The monoisotopic (exact) mass is 648 g/mol. The average molecular weight is 649 g/mol. The van der Waals surface area contributed by atoms with Gasteiger partial charge in [-0.1, -0.05) is 35.9 Å². The van der Waals surface area contributed by atoms with Crippen LogP contribution in [0.3, 0.4) is 0 Å². The van der Waals surface area contributed by atoms with Crippen molar-refractivity contribution in [2.24, 2.45) is 0 Å². The van der Waals surface area contributed by atoms with E-state index in [-0.39, 0.29) is 30.2 Å². The van der Waals surface area contributed by atoms with E-state index in [4.69, 9.17) is 21.1 Å². The van der Waals surface area contributed by atoms with E-state index in [1.165, 1.54) is 4.90 Å². The molecule has 0 aliphatic carbocycles. The van der Waals surface area contributed by atoms with Crippen LogP contribution in [0.2, 0.25) is 5.02 Å². The maximum Gasteiger partial charge on any atom is 0.293 e.